The van der Waals surface area contributed by atoms with Crippen LogP contribution in [0.3, 0.4) is 0 Å². The number of guanidine groups is 1. The second-order valence-corrected chi connectivity index (χ2v) is 7.02. The molecule has 0 aliphatic rings. The van der Waals surface area contributed by atoms with Crippen LogP contribution in [0, 0.1) is 6.92 Å². The van der Waals surface area contributed by atoms with E-state index in [0.717, 1.165) is 37.8 Å². The Kier molecular flexibility index (Phi) is 8.58. The molecule has 1 aromatic carbocycles. The van der Waals surface area contributed by atoms with Gasteiger partial charge in [0.2, 0.25) is 0 Å². The summed E-state index contributed by atoms with van der Waals surface area (Å²) in [5, 5.41) is 6.88. The molecule has 5 nitrogen and oxygen atoms in total. The molecule has 2 aromatic rings. The van der Waals surface area contributed by atoms with Gasteiger partial charge in [-0.25, -0.2) is 9.98 Å². The Morgan fingerprint density at radius 2 is 1.88 bits per heavy atom. The van der Waals surface area contributed by atoms with Gasteiger partial charge in [0.15, 0.2) is 5.96 Å². The first-order valence-corrected chi connectivity index (χ1v) is 10.3. The summed E-state index contributed by atoms with van der Waals surface area (Å²) in [7, 11) is 0. The number of aliphatic imine (C=N–C) groups is 1. The molecule has 1 heterocycles. The topological polar surface area (TPSA) is 52.6 Å². The molecule has 0 aliphatic carbocycles. The van der Waals surface area contributed by atoms with Gasteiger partial charge in [-0.2, -0.15) is 0 Å². The highest BCUT2D eigenvalue weighted by atomic mass is 32.1. The van der Waals surface area contributed by atoms with Gasteiger partial charge in [0.1, 0.15) is 0 Å². The monoisotopic (exact) mass is 373 g/mol. The fourth-order valence-corrected chi connectivity index (χ4v) is 3.66. The number of likely N-dealkylation sites (N-methyl/N-ethyl adjacent to an activating group) is 1. The maximum Gasteiger partial charge on any atom is 0.191 e. The lowest BCUT2D eigenvalue weighted by Crippen LogP contribution is -2.43. The average molecular weight is 374 g/mol. The molecule has 26 heavy (non-hydrogen) atoms. The predicted octanol–water partition coefficient (Wildman–Crippen LogP) is 3.59. The number of hydrogen-bond acceptors (Lipinski definition) is 4. The second kappa shape index (κ2) is 10.9. The van der Waals surface area contributed by atoms with E-state index in [1.54, 1.807) is 11.3 Å². The van der Waals surface area contributed by atoms with E-state index in [1.165, 1.54) is 10.4 Å². The maximum atomic E-state index is 4.74. The second-order valence-electron chi connectivity index (χ2n) is 6.08. The summed E-state index contributed by atoms with van der Waals surface area (Å²) in [6, 6.07) is 11.0. The highest BCUT2D eigenvalue weighted by Gasteiger charge is 2.18. The number of thiazole rings is 1. The van der Waals surface area contributed by atoms with Gasteiger partial charge < -0.3 is 10.6 Å². The van der Waals surface area contributed by atoms with Crippen LogP contribution in [0.1, 0.15) is 42.9 Å². The van der Waals surface area contributed by atoms with E-state index in [2.05, 4.69) is 71.6 Å². The van der Waals surface area contributed by atoms with Crippen LogP contribution in [0.2, 0.25) is 0 Å². The summed E-state index contributed by atoms with van der Waals surface area (Å²) in [5.41, 5.74) is 4.28. The van der Waals surface area contributed by atoms with Crippen molar-refractivity contribution in [1.29, 1.82) is 0 Å². The van der Waals surface area contributed by atoms with Gasteiger partial charge in [0.05, 0.1) is 23.8 Å². The lowest BCUT2D eigenvalue weighted by Gasteiger charge is -2.30. The minimum Gasteiger partial charge on any atom is -0.357 e. The number of aryl methyl sites for hydroxylation is 1. The molecule has 0 fully saturated rings. The average Bonchev–Trinajstić information content (AvgIpc) is 3.08. The van der Waals surface area contributed by atoms with E-state index in [0.29, 0.717) is 12.6 Å². The molecule has 2 rings (SSSR count). The Bertz CT molecular complexity index is 664. The highest BCUT2D eigenvalue weighted by Crippen LogP contribution is 2.19. The molecule has 0 saturated heterocycles. The smallest absolute Gasteiger partial charge is 0.191 e. The summed E-state index contributed by atoms with van der Waals surface area (Å²) >= 11 is 1.66. The first-order valence-electron chi connectivity index (χ1n) is 9.39. The van der Waals surface area contributed by atoms with Crippen molar-refractivity contribution in [2.24, 2.45) is 4.99 Å². The zero-order valence-corrected chi connectivity index (χ0v) is 17.1. The molecule has 2 N–H and O–H groups in total. The summed E-state index contributed by atoms with van der Waals surface area (Å²) in [5.74, 6) is 0.855. The first-order chi connectivity index (χ1) is 12.7. The zero-order valence-electron chi connectivity index (χ0n) is 16.3. The summed E-state index contributed by atoms with van der Waals surface area (Å²) in [6.45, 7) is 12.9. The summed E-state index contributed by atoms with van der Waals surface area (Å²) < 4.78 is 0. The Morgan fingerprint density at radius 3 is 2.46 bits per heavy atom. The molecule has 0 saturated carbocycles. The van der Waals surface area contributed by atoms with Crippen LogP contribution >= 0.6 is 11.3 Å². The van der Waals surface area contributed by atoms with E-state index in [4.69, 9.17) is 4.99 Å². The Balaban J connectivity index is 2.09. The lowest BCUT2D eigenvalue weighted by atomic mass is 10.1. The van der Waals surface area contributed by atoms with Crippen LogP contribution in [0.4, 0.5) is 0 Å². The van der Waals surface area contributed by atoms with Gasteiger partial charge in [-0.15, -0.1) is 11.3 Å². The molecule has 0 bridgehead atoms. The van der Waals surface area contributed by atoms with Crippen LogP contribution in [0.25, 0.3) is 0 Å². The number of rotatable bonds is 9. The number of nitrogens with one attached hydrogen (secondary N) is 2. The third-order valence-electron chi connectivity index (χ3n) is 4.47. The molecule has 6 heteroatoms. The maximum absolute atomic E-state index is 4.74. The summed E-state index contributed by atoms with van der Waals surface area (Å²) in [6.07, 6.45) is 0. The third kappa shape index (κ3) is 5.81. The fourth-order valence-electron chi connectivity index (χ4n) is 2.96. The van der Waals surface area contributed by atoms with Crippen molar-refractivity contribution in [2.75, 3.05) is 26.2 Å². The lowest BCUT2D eigenvalue weighted by molar-refractivity contribution is 0.219. The molecule has 0 amide bonds. The van der Waals surface area contributed by atoms with E-state index in [1.807, 2.05) is 12.4 Å². The van der Waals surface area contributed by atoms with Crippen molar-refractivity contribution >= 4 is 17.3 Å². The van der Waals surface area contributed by atoms with Crippen LogP contribution < -0.4 is 10.6 Å². The molecule has 1 aromatic heterocycles. The largest absolute Gasteiger partial charge is 0.357 e. The van der Waals surface area contributed by atoms with Gasteiger partial charge in [-0.05, 0) is 32.5 Å². The van der Waals surface area contributed by atoms with E-state index < -0.39 is 0 Å². The predicted molar refractivity (Wildman–Crippen MR) is 112 cm³/mol. The Morgan fingerprint density at radius 1 is 1.15 bits per heavy atom. The third-order valence-corrected chi connectivity index (χ3v) is 5.39. The van der Waals surface area contributed by atoms with E-state index in [-0.39, 0.29) is 0 Å². The Labute approximate surface area is 161 Å². The summed E-state index contributed by atoms with van der Waals surface area (Å²) in [4.78, 5) is 12.7. The SMILES string of the molecule is CCNC(=NCc1scnc1C)NCC(c1ccccc1)N(CC)CC. The fraction of sp³-hybridized carbons (Fsp3) is 0.500. The molecule has 1 atom stereocenters. The standard InChI is InChI=1S/C20H31N5S/c1-5-21-20(23-14-19-16(4)24-15-26-19)22-13-18(25(6-2)7-3)17-11-9-8-10-12-17/h8-12,15,18H,5-7,13-14H2,1-4H3,(H2,21,22,23). The molecular weight excluding hydrogens is 342 g/mol. The number of nitrogens with zero attached hydrogens (tertiary/aromatic N) is 3. The molecule has 0 spiro atoms. The van der Waals surface area contributed by atoms with Crippen molar-refractivity contribution < 1.29 is 0 Å². The van der Waals surface area contributed by atoms with Crippen LogP contribution in [-0.4, -0.2) is 42.0 Å². The van der Waals surface area contributed by atoms with Crippen molar-refractivity contribution in [2.45, 2.75) is 40.3 Å². The number of hydrogen-bond donors (Lipinski definition) is 2. The minimum atomic E-state index is 0.320. The normalized spacial score (nSPS) is 13.0. The minimum absolute atomic E-state index is 0.320. The van der Waals surface area contributed by atoms with Crippen molar-refractivity contribution in [3.8, 4) is 0 Å². The molecular formula is C20H31N5S. The van der Waals surface area contributed by atoms with Gasteiger partial charge >= 0.3 is 0 Å². The highest BCUT2D eigenvalue weighted by molar-refractivity contribution is 7.09. The first kappa shape index (κ1) is 20.4. The van der Waals surface area contributed by atoms with Crippen LogP contribution in [0.15, 0.2) is 40.8 Å². The van der Waals surface area contributed by atoms with Crippen molar-refractivity contribution in [1.82, 2.24) is 20.5 Å². The van der Waals surface area contributed by atoms with Crippen molar-refractivity contribution in [3.63, 3.8) is 0 Å². The van der Waals surface area contributed by atoms with Gasteiger partial charge in [0, 0.05) is 18.0 Å². The number of benzene rings is 1. The molecule has 142 valence electrons. The van der Waals surface area contributed by atoms with Gasteiger partial charge in [-0.1, -0.05) is 44.2 Å². The Hall–Kier alpha value is -1.92. The zero-order chi connectivity index (χ0) is 18.8. The van der Waals surface area contributed by atoms with Crippen LogP contribution in [0.5, 0.6) is 0 Å². The van der Waals surface area contributed by atoms with Gasteiger partial charge in [0.25, 0.3) is 0 Å². The molecule has 0 aliphatic heterocycles. The number of aromatic nitrogens is 1. The molecule has 1 unspecified atom stereocenters. The molecule has 0 radical (unpaired) electrons. The quantitative estimate of drug-likeness (QED) is 0.521. The van der Waals surface area contributed by atoms with Crippen LogP contribution in [-0.2, 0) is 6.54 Å². The van der Waals surface area contributed by atoms with E-state index >= 15 is 0 Å². The van der Waals surface area contributed by atoms with Crippen molar-refractivity contribution in [3.05, 3.63) is 52.0 Å². The van der Waals surface area contributed by atoms with Gasteiger partial charge in [-0.3, -0.25) is 4.90 Å². The van der Waals surface area contributed by atoms with E-state index in [9.17, 15) is 0 Å².